The average Bonchev–Trinajstić information content (AvgIpc) is 2.91. The second kappa shape index (κ2) is 14.3. The minimum absolute atomic E-state index is 0.0250. The van der Waals surface area contributed by atoms with Crippen LogP contribution in [0.25, 0.3) is 0 Å². The van der Waals surface area contributed by atoms with Gasteiger partial charge in [-0.2, -0.15) is 0 Å². The van der Waals surface area contributed by atoms with Gasteiger partial charge in [-0.25, -0.2) is 0 Å². The van der Waals surface area contributed by atoms with Gasteiger partial charge in [0.25, 0.3) is 0 Å². The van der Waals surface area contributed by atoms with Crippen LogP contribution in [0.3, 0.4) is 0 Å². The Hall–Kier alpha value is -3.25. The lowest BCUT2D eigenvalue weighted by atomic mass is 10.0. The minimum atomic E-state index is -0.627. The van der Waals surface area contributed by atoms with E-state index in [0.29, 0.717) is 18.7 Å². The Morgan fingerprint density at radius 3 is 2.19 bits per heavy atom. The van der Waals surface area contributed by atoms with E-state index in [0.717, 1.165) is 29.1 Å². The minimum Gasteiger partial charge on any atom is -0.497 e. The summed E-state index contributed by atoms with van der Waals surface area (Å²) < 4.78 is 5.39. The Kier molecular flexibility index (Phi) is 10.9. The number of benzene rings is 3. The van der Waals surface area contributed by atoms with Crippen molar-refractivity contribution in [1.29, 1.82) is 0 Å². The average molecular weight is 505 g/mol. The molecule has 0 aliphatic rings. The molecule has 0 heterocycles. The van der Waals surface area contributed by atoms with Crippen LogP contribution >= 0.6 is 11.8 Å². The third-order valence-electron chi connectivity index (χ3n) is 6.10. The van der Waals surface area contributed by atoms with Crippen molar-refractivity contribution >= 4 is 23.6 Å². The first-order valence-electron chi connectivity index (χ1n) is 12.4. The second-order valence-electron chi connectivity index (χ2n) is 8.87. The third-order valence-corrected chi connectivity index (χ3v) is 7.08. The molecular formula is C30H36N2O3S. The summed E-state index contributed by atoms with van der Waals surface area (Å²) >= 11 is 1.57. The molecule has 0 radical (unpaired) electrons. The third kappa shape index (κ3) is 8.45. The monoisotopic (exact) mass is 504 g/mol. The standard InChI is InChI=1S/C30H36N2O3S/c1-4-23(2)31-30(34)28(19-24-12-7-5-8-13-24)32(20-26-16-11-17-27(18-26)35-3)29(33)22-36-21-25-14-9-6-10-15-25/h5-18,23,28H,4,19-22H2,1-3H3,(H,31,34)/t23-,28-/m1/s1. The molecular weight excluding hydrogens is 468 g/mol. The summed E-state index contributed by atoms with van der Waals surface area (Å²) in [6.07, 6.45) is 1.27. The first-order chi connectivity index (χ1) is 17.5. The molecule has 190 valence electrons. The Morgan fingerprint density at radius 2 is 1.56 bits per heavy atom. The van der Waals surface area contributed by atoms with Crippen molar-refractivity contribution in [3.05, 3.63) is 102 Å². The van der Waals surface area contributed by atoms with E-state index in [9.17, 15) is 9.59 Å². The molecule has 0 aliphatic heterocycles. The number of thioether (sulfide) groups is 1. The molecule has 2 atom stereocenters. The number of hydrogen-bond acceptors (Lipinski definition) is 4. The Bertz CT molecular complexity index is 1090. The molecule has 5 nitrogen and oxygen atoms in total. The van der Waals surface area contributed by atoms with Crippen molar-refractivity contribution in [1.82, 2.24) is 10.2 Å². The molecule has 0 unspecified atom stereocenters. The van der Waals surface area contributed by atoms with Crippen molar-refractivity contribution < 1.29 is 14.3 Å². The summed E-state index contributed by atoms with van der Waals surface area (Å²) in [6.45, 7) is 4.35. The van der Waals surface area contributed by atoms with Gasteiger partial charge in [-0.1, -0.05) is 79.7 Å². The molecule has 0 aliphatic carbocycles. The van der Waals surface area contributed by atoms with Crippen molar-refractivity contribution in [2.75, 3.05) is 12.9 Å². The normalized spacial score (nSPS) is 12.4. The lowest BCUT2D eigenvalue weighted by Crippen LogP contribution is -2.52. The molecule has 1 N–H and O–H groups in total. The second-order valence-corrected chi connectivity index (χ2v) is 9.86. The largest absolute Gasteiger partial charge is 0.497 e. The number of nitrogens with zero attached hydrogens (tertiary/aromatic N) is 1. The summed E-state index contributed by atoms with van der Waals surface area (Å²) in [5, 5.41) is 3.11. The number of ether oxygens (including phenoxy) is 1. The van der Waals surface area contributed by atoms with E-state index in [4.69, 9.17) is 4.74 Å². The Labute approximate surface area is 219 Å². The van der Waals surface area contributed by atoms with Gasteiger partial charge in [0.2, 0.25) is 11.8 Å². The van der Waals surface area contributed by atoms with Crippen molar-refractivity contribution in [2.45, 2.75) is 51.1 Å². The fourth-order valence-electron chi connectivity index (χ4n) is 3.88. The van der Waals surface area contributed by atoms with E-state index in [1.807, 2.05) is 86.6 Å². The Morgan fingerprint density at radius 1 is 0.917 bits per heavy atom. The highest BCUT2D eigenvalue weighted by atomic mass is 32.2. The van der Waals surface area contributed by atoms with Crippen LogP contribution in [0.5, 0.6) is 5.75 Å². The van der Waals surface area contributed by atoms with Gasteiger partial charge in [-0.05, 0) is 42.2 Å². The molecule has 3 aromatic carbocycles. The summed E-state index contributed by atoms with van der Waals surface area (Å²) in [5.41, 5.74) is 3.11. The number of methoxy groups -OCH3 is 1. The van der Waals surface area contributed by atoms with Gasteiger partial charge in [0, 0.05) is 24.8 Å². The predicted octanol–water partition coefficient (Wildman–Crippen LogP) is 5.48. The molecule has 3 rings (SSSR count). The van der Waals surface area contributed by atoms with Crippen LogP contribution < -0.4 is 10.1 Å². The van der Waals surface area contributed by atoms with Crippen molar-refractivity contribution in [3.63, 3.8) is 0 Å². The molecule has 2 amide bonds. The highest BCUT2D eigenvalue weighted by Crippen LogP contribution is 2.20. The first kappa shape index (κ1) is 27.3. The van der Waals surface area contributed by atoms with Crippen LogP contribution in [0.15, 0.2) is 84.9 Å². The molecule has 6 heteroatoms. The van der Waals surface area contributed by atoms with Crippen molar-refractivity contribution in [2.24, 2.45) is 0 Å². The lowest BCUT2D eigenvalue weighted by molar-refractivity contribution is -0.139. The van der Waals surface area contributed by atoms with Gasteiger partial charge >= 0.3 is 0 Å². The van der Waals surface area contributed by atoms with Crippen LogP contribution in [0, 0.1) is 0 Å². The zero-order valence-corrected chi connectivity index (χ0v) is 22.2. The lowest BCUT2D eigenvalue weighted by Gasteiger charge is -2.32. The van der Waals surface area contributed by atoms with Crippen LogP contribution in [-0.2, 0) is 28.3 Å². The van der Waals surface area contributed by atoms with Gasteiger partial charge in [-0.15, -0.1) is 11.8 Å². The van der Waals surface area contributed by atoms with E-state index >= 15 is 0 Å². The van der Waals surface area contributed by atoms with Crippen LogP contribution in [0.2, 0.25) is 0 Å². The van der Waals surface area contributed by atoms with E-state index in [-0.39, 0.29) is 17.9 Å². The molecule has 0 aromatic heterocycles. The van der Waals surface area contributed by atoms with Gasteiger partial charge in [0.05, 0.1) is 12.9 Å². The van der Waals surface area contributed by atoms with Gasteiger partial charge in [0.15, 0.2) is 0 Å². The van der Waals surface area contributed by atoms with Gasteiger partial charge in [0.1, 0.15) is 11.8 Å². The summed E-state index contributed by atoms with van der Waals surface area (Å²) in [6, 6.07) is 27.1. The number of amides is 2. The molecule has 36 heavy (non-hydrogen) atoms. The summed E-state index contributed by atoms with van der Waals surface area (Å²) in [4.78, 5) is 28.9. The smallest absolute Gasteiger partial charge is 0.243 e. The molecule has 0 spiro atoms. The SMILES string of the molecule is CC[C@@H](C)NC(=O)[C@@H](Cc1ccccc1)N(Cc1cccc(OC)c1)C(=O)CSCc1ccccc1. The summed E-state index contributed by atoms with van der Waals surface area (Å²) in [7, 11) is 1.63. The van der Waals surface area contributed by atoms with Crippen LogP contribution in [0.4, 0.5) is 0 Å². The maximum atomic E-state index is 13.7. The van der Waals surface area contributed by atoms with E-state index in [1.165, 1.54) is 5.56 Å². The number of rotatable bonds is 13. The fourth-order valence-corrected chi connectivity index (χ4v) is 4.75. The molecule has 3 aromatic rings. The maximum Gasteiger partial charge on any atom is 0.243 e. The van der Waals surface area contributed by atoms with Crippen LogP contribution in [0.1, 0.15) is 37.0 Å². The molecule has 0 saturated heterocycles. The van der Waals surface area contributed by atoms with Gasteiger partial charge in [-0.3, -0.25) is 9.59 Å². The molecule has 0 bridgehead atoms. The number of hydrogen-bond donors (Lipinski definition) is 1. The van der Waals surface area contributed by atoms with E-state index < -0.39 is 6.04 Å². The highest BCUT2D eigenvalue weighted by molar-refractivity contribution is 7.99. The zero-order chi connectivity index (χ0) is 25.8. The topological polar surface area (TPSA) is 58.6 Å². The number of carbonyl (C=O) groups excluding carboxylic acids is 2. The van der Waals surface area contributed by atoms with E-state index in [1.54, 1.807) is 23.8 Å². The first-order valence-corrected chi connectivity index (χ1v) is 13.5. The van der Waals surface area contributed by atoms with Gasteiger partial charge < -0.3 is 15.0 Å². The highest BCUT2D eigenvalue weighted by Gasteiger charge is 2.31. The molecule has 0 fully saturated rings. The number of carbonyl (C=O) groups is 2. The number of nitrogens with one attached hydrogen (secondary N) is 1. The summed E-state index contributed by atoms with van der Waals surface area (Å²) in [5.74, 6) is 1.57. The fraction of sp³-hybridized carbons (Fsp3) is 0.333. The van der Waals surface area contributed by atoms with Crippen LogP contribution in [-0.4, -0.2) is 41.7 Å². The van der Waals surface area contributed by atoms with E-state index in [2.05, 4.69) is 17.4 Å². The zero-order valence-electron chi connectivity index (χ0n) is 21.4. The quantitative estimate of drug-likeness (QED) is 0.335. The maximum absolute atomic E-state index is 13.7. The molecule has 0 saturated carbocycles. The Balaban J connectivity index is 1.87. The predicted molar refractivity (Wildman–Crippen MR) is 148 cm³/mol. The van der Waals surface area contributed by atoms with Crippen molar-refractivity contribution in [3.8, 4) is 5.75 Å².